The molecule has 0 heterocycles. The maximum Gasteiger partial charge on any atom is 0.175 e. The minimum atomic E-state index is 0.574. The van der Waals surface area contributed by atoms with Gasteiger partial charge in [0.2, 0.25) is 0 Å². The summed E-state index contributed by atoms with van der Waals surface area (Å²) < 4.78 is 5.39. The number of thiocarbonyl (C=S) groups is 1. The zero-order valence-corrected chi connectivity index (χ0v) is 15.0. The van der Waals surface area contributed by atoms with Crippen LogP contribution >= 0.6 is 12.2 Å². The molecule has 2 rings (SSSR count). The van der Waals surface area contributed by atoms with E-state index < -0.39 is 0 Å². The van der Waals surface area contributed by atoms with Crippen molar-refractivity contribution >= 4 is 28.7 Å². The summed E-state index contributed by atoms with van der Waals surface area (Å²) in [6, 6.07) is 12.4. The molecule has 0 atom stereocenters. The highest BCUT2D eigenvalue weighted by molar-refractivity contribution is 7.80. The second-order valence-corrected chi connectivity index (χ2v) is 5.85. The number of hydrogen-bond donors (Lipinski definition) is 2. The van der Waals surface area contributed by atoms with Crippen LogP contribution in [0.15, 0.2) is 36.4 Å². The predicted molar refractivity (Wildman–Crippen MR) is 103 cm³/mol. The molecule has 0 aliphatic carbocycles. The van der Waals surface area contributed by atoms with Crippen molar-refractivity contribution in [1.29, 1.82) is 0 Å². The molecule has 0 aliphatic heterocycles. The molecular weight excluding hydrogens is 304 g/mol. The van der Waals surface area contributed by atoms with E-state index in [-0.39, 0.29) is 0 Å². The van der Waals surface area contributed by atoms with Crippen LogP contribution in [0.2, 0.25) is 0 Å². The summed E-state index contributed by atoms with van der Waals surface area (Å²) >= 11 is 5.51. The molecule has 0 radical (unpaired) electrons. The Hall–Kier alpha value is -2.07. The largest absolute Gasteiger partial charge is 0.495 e. The van der Waals surface area contributed by atoms with Crippen molar-refractivity contribution in [2.24, 2.45) is 0 Å². The summed E-state index contributed by atoms with van der Waals surface area (Å²) in [4.78, 5) is 0. The molecule has 2 N–H and O–H groups in total. The molecule has 0 aromatic heterocycles. The third-order valence-electron chi connectivity index (χ3n) is 3.84. The number of hydrogen-bond acceptors (Lipinski definition) is 2. The van der Waals surface area contributed by atoms with Gasteiger partial charge in [0.25, 0.3) is 0 Å². The van der Waals surface area contributed by atoms with Crippen LogP contribution in [-0.4, -0.2) is 12.2 Å². The van der Waals surface area contributed by atoms with Crippen molar-refractivity contribution < 1.29 is 4.74 Å². The van der Waals surface area contributed by atoms with Crippen LogP contribution in [0.25, 0.3) is 0 Å². The Morgan fingerprint density at radius 2 is 1.70 bits per heavy atom. The summed E-state index contributed by atoms with van der Waals surface area (Å²) in [7, 11) is 1.66. The zero-order chi connectivity index (χ0) is 16.8. The monoisotopic (exact) mass is 328 g/mol. The van der Waals surface area contributed by atoms with Crippen LogP contribution in [0.3, 0.4) is 0 Å². The second-order valence-electron chi connectivity index (χ2n) is 5.44. The molecule has 3 nitrogen and oxygen atoms in total. The molecule has 122 valence electrons. The van der Waals surface area contributed by atoms with E-state index in [2.05, 4.69) is 42.7 Å². The molecule has 0 bridgehead atoms. The molecule has 0 aliphatic rings. The Labute approximate surface area is 144 Å². The Kier molecular flexibility index (Phi) is 5.99. The van der Waals surface area contributed by atoms with E-state index in [9.17, 15) is 0 Å². The normalized spacial score (nSPS) is 10.3. The third-order valence-corrected chi connectivity index (χ3v) is 4.04. The molecule has 4 heteroatoms. The Balaban J connectivity index is 2.22. The van der Waals surface area contributed by atoms with Crippen LogP contribution in [0.4, 0.5) is 11.4 Å². The molecule has 23 heavy (non-hydrogen) atoms. The van der Waals surface area contributed by atoms with Gasteiger partial charge in [-0.05, 0) is 60.8 Å². The molecule has 0 saturated heterocycles. The number of ether oxygens (including phenoxy) is 1. The van der Waals surface area contributed by atoms with Gasteiger partial charge in [0.1, 0.15) is 5.75 Å². The number of methoxy groups -OCH3 is 1. The maximum absolute atomic E-state index is 5.51. The maximum atomic E-state index is 5.51. The van der Waals surface area contributed by atoms with Crippen molar-refractivity contribution in [2.45, 2.75) is 33.6 Å². The summed E-state index contributed by atoms with van der Waals surface area (Å²) in [5, 5.41) is 7.19. The smallest absolute Gasteiger partial charge is 0.175 e. The predicted octanol–water partition coefficient (Wildman–Crippen LogP) is 4.94. The molecule has 0 saturated carbocycles. The van der Waals surface area contributed by atoms with Gasteiger partial charge in [0.05, 0.1) is 12.8 Å². The van der Waals surface area contributed by atoms with Gasteiger partial charge >= 0.3 is 0 Å². The Morgan fingerprint density at radius 3 is 2.26 bits per heavy atom. The highest BCUT2D eigenvalue weighted by Crippen LogP contribution is 2.27. The van der Waals surface area contributed by atoms with E-state index in [1.165, 1.54) is 11.1 Å². The van der Waals surface area contributed by atoms with Gasteiger partial charge in [-0.15, -0.1) is 0 Å². The van der Waals surface area contributed by atoms with E-state index in [1.807, 2.05) is 25.1 Å². The van der Waals surface area contributed by atoms with Crippen molar-refractivity contribution in [3.8, 4) is 5.75 Å². The van der Waals surface area contributed by atoms with Gasteiger partial charge in [0.15, 0.2) is 5.11 Å². The fourth-order valence-corrected chi connectivity index (χ4v) is 2.80. The summed E-state index contributed by atoms with van der Waals surface area (Å²) in [6.07, 6.45) is 1.93. The van der Waals surface area contributed by atoms with Crippen LogP contribution < -0.4 is 15.4 Å². The lowest BCUT2D eigenvalue weighted by molar-refractivity contribution is 0.417. The molecule has 0 unspecified atom stereocenters. The summed E-state index contributed by atoms with van der Waals surface area (Å²) in [6.45, 7) is 6.35. The van der Waals surface area contributed by atoms with E-state index >= 15 is 0 Å². The van der Waals surface area contributed by atoms with E-state index in [0.717, 1.165) is 35.5 Å². The van der Waals surface area contributed by atoms with Gasteiger partial charge in [-0.1, -0.05) is 38.1 Å². The molecular formula is C19H24N2OS. The minimum Gasteiger partial charge on any atom is -0.495 e. The molecule has 0 spiro atoms. The Bertz CT molecular complexity index is 676. The van der Waals surface area contributed by atoms with Gasteiger partial charge < -0.3 is 15.4 Å². The van der Waals surface area contributed by atoms with Crippen LogP contribution in [0.5, 0.6) is 5.75 Å². The second kappa shape index (κ2) is 7.97. The quantitative estimate of drug-likeness (QED) is 0.762. The van der Waals surface area contributed by atoms with Crippen molar-refractivity contribution in [3.05, 3.63) is 53.1 Å². The van der Waals surface area contributed by atoms with Crippen molar-refractivity contribution in [3.63, 3.8) is 0 Å². The van der Waals surface area contributed by atoms with Gasteiger partial charge in [-0.3, -0.25) is 0 Å². The lowest BCUT2D eigenvalue weighted by Crippen LogP contribution is -2.21. The number of anilines is 2. The Morgan fingerprint density at radius 1 is 1.04 bits per heavy atom. The number of rotatable bonds is 5. The first-order chi connectivity index (χ1) is 11.1. The summed E-state index contributed by atoms with van der Waals surface area (Å²) in [5.41, 5.74) is 5.67. The zero-order valence-electron chi connectivity index (χ0n) is 14.2. The molecule has 2 aromatic carbocycles. The third kappa shape index (κ3) is 4.23. The molecule has 0 amide bonds. The van der Waals surface area contributed by atoms with Gasteiger partial charge in [0, 0.05) is 5.69 Å². The first kappa shape index (κ1) is 17.3. The van der Waals surface area contributed by atoms with Crippen LogP contribution in [-0.2, 0) is 12.8 Å². The molecule has 2 aromatic rings. The fourth-order valence-electron chi connectivity index (χ4n) is 2.59. The topological polar surface area (TPSA) is 33.3 Å². The lowest BCUT2D eigenvalue weighted by atomic mass is 10.0. The van der Waals surface area contributed by atoms with E-state index in [4.69, 9.17) is 17.0 Å². The van der Waals surface area contributed by atoms with Gasteiger partial charge in [-0.2, -0.15) is 0 Å². The van der Waals surface area contributed by atoms with E-state index in [0.29, 0.717) is 5.11 Å². The molecule has 0 fully saturated rings. The van der Waals surface area contributed by atoms with Crippen molar-refractivity contribution in [1.82, 2.24) is 0 Å². The van der Waals surface area contributed by atoms with Crippen molar-refractivity contribution in [2.75, 3.05) is 17.7 Å². The first-order valence-electron chi connectivity index (χ1n) is 7.92. The number of para-hydroxylation sites is 1. The first-order valence-corrected chi connectivity index (χ1v) is 8.33. The number of aryl methyl sites for hydroxylation is 3. The number of benzene rings is 2. The number of nitrogens with one attached hydrogen (secondary N) is 2. The van der Waals surface area contributed by atoms with Crippen LogP contribution in [0.1, 0.15) is 30.5 Å². The average Bonchev–Trinajstić information content (AvgIpc) is 2.55. The highest BCUT2D eigenvalue weighted by atomic mass is 32.1. The summed E-state index contributed by atoms with van der Waals surface area (Å²) in [5.74, 6) is 0.777. The van der Waals surface area contributed by atoms with Gasteiger partial charge in [-0.25, -0.2) is 0 Å². The highest BCUT2D eigenvalue weighted by Gasteiger charge is 2.10. The lowest BCUT2D eigenvalue weighted by Gasteiger charge is -2.18. The minimum absolute atomic E-state index is 0.574. The fraction of sp³-hybridized carbons (Fsp3) is 0.316. The van der Waals surface area contributed by atoms with E-state index in [1.54, 1.807) is 7.11 Å². The SMILES string of the molecule is CCc1cccc(CC)c1NC(=S)Nc1cc(C)ccc1OC. The standard InChI is InChI=1S/C19H24N2OS/c1-5-14-8-7-9-15(6-2)18(14)21-19(23)20-16-12-13(3)10-11-17(16)22-4/h7-12H,5-6H2,1-4H3,(H2,20,21,23). The van der Waals surface area contributed by atoms with Crippen LogP contribution in [0, 0.1) is 6.92 Å². The average molecular weight is 328 g/mol.